The molecule has 0 radical (unpaired) electrons. The number of carbonyl (C=O) groups is 1. The minimum atomic E-state index is 0.0479. The van der Waals surface area contributed by atoms with Crippen molar-refractivity contribution in [1.29, 1.82) is 0 Å². The topological polar surface area (TPSA) is 50.4 Å². The zero-order valence-electron chi connectivity index (χ0n) is 13.8. The van der Waals surface area contributed by atoms with E-state index in [2.05, 4.69) is 23.6 Å². The van der Waals surface area contributed by atoms with Gasteiger partial charge in [-0.05, 0) is 49.2 Å². The molecule has 0 unspecified atom stereocenters. The number of benzene rings is 2. The van der Waals surface area contributed by atoms with Crippen molar-refractivity contribution in [3.05, 3.63) is 59.7 Å². The lowest BCUT2D eigenvalue weighted by molar-refractivity contribution is -0.121. The molecule has 23 heavy (non-hydrogen) atoms. The molecule has 0 aliphatic carbocycles. The fourth-order valence-corrected chi connectivity index (χ4v) is 2.25. The molecule has 2 rings (SSSR count). The first-order valence-corrected chi connectivity index (χ1v) is 7.97. The highest BCUT2D eigenvalue weighted by Gasteiger charge is 2.03. The van der Waals surface area contributed by atoms with E-state index < -0.39 is 0 Å². The van der Waals surface area contributed by atoms with Crippen molar-refractivity contribution in [2.45, 2.75) is 26.8 Å². The number of amides is 1. The molecule has 0 heterocycles. The Labute approximate surface area is 137 Å². The Morgan fingerprint density at radius 1 is 1.09 bits per heavy atom. The highest BCUT2D eigenvalue weighted by Crippen LogP contribution is 2.15. The standard InChI is InChI=1S/C19H24N2O2/c1-3-23-18-10-8-17(9-11-18)20-13-12-19(22)21-14-16-7-5-4-6-15(16)2/h4-11,20H,3,12-14H2,1-2H3,(H,21,22). The van der Waals surface area contributed by atoms with E-state index in [0.29, 0.717) is 26.1 Å². The lowest BCUT2D eigenvalue weighted by atomic mass is 10.1. The van der Waals surface area contributed by atoms with Gasteiger partial charge in [-0.25, -0.2) is 0 Å². The lowest BCUT2D eigenvalue weighted by Crippen LogP contribution is -2.25. The normalized spacial score (nSPS) is 10.2. The van der Waals surface area contributed by atoms with Gasteiger partial charge in [0.2, 0.25) is 5.91 Å². The number of hydrogen-bond acceptors (Lipinski definition) is 3. The molecule has 0 atom stereocenters. The molecule has 0 saturated heterocycles. The van der Waals surface area contributed by atoms with E-state index in [0.717, 1.165) is 17.0 Å². The monoisotopic (exact) mass is 312 g/mol. The summed E-state index contributed by atoms with van der Waals surface area (Å²) in [6.45, 7) is 5.85. The van der Waals surface area contributed by atoms with Crippen LogP contribution in [0.2, 0.25) is 0 Å². The van der Waals surface area contributed by atoms with Crippen molar-refractivity contribution < 1.29 is 9.53 Å². The molecule has 0 bridgehead atoms. The van der Waals surface area contributed by atoms with Gasteiger partial charge in [-0.15, -0.1) is 0 Å². The molecular formula is C19H24N2O2. The predicted molar refractivity (Wildman–Crippen MR) is 93.7 cm³/mol. The molecule has 0 aliphatic heterocycles. The van der Waals surface area contributed by atoms with Gasteiger partial charge < -0.3 is 15.4 Å². The first kappa shape index (κ1) is 16.9. The lowest BCUT2D eigenvalue weighted by Gasteiger charge is -2.09. The van der Waals surface area contributed by atoms with Gasteiger partial charge in [-0.1, -0.05) is 24.3 Å². The maximum atomic E-state index is 11.9. The van der Waals surface area contributed by atoms with Crippen LogP contribution in [0, 0.1) is 6.92 Å². The first-order valence-electron chi connectivity index (χ1n) is 7.97. The molecule has 0 aromatic heterocycles. The number of rotatable bonds is 8. The number of aryl methyl sites for hydroxylation is 1. The van der Waals surface area contributed by atoms with Crippen LogP contribution >= 0.6 is 0 Å². The Morgan fingerprint density at radius 2 is 1.83 bits per heavy atom. The highest BCUT2D eigenvalue weighted by atomic mass is 16.5. The van der Waals surface area contributed by atoms with Crippen molar-refractivity contribution in [3.8, 4) is 5.75 Å². The van der Waals surface area contributed by atoms with Gasteiger partial charge in [0.1, 0.15) is 5.75 Å². The van der Waals surface area contributed by atoms with Gasteiger partial charge in [0.05, 0.1) is 6.61 Å². The summed E-state index contributed by atoms with van der Waals surface area (Å²) < 4.78 is 5.40. The van der Waals surface area contributed by atoms with Crippen molar-refractivity contribution in [2.24, 2.45) is 0 Å². The highest BCUT2D eigenvalue weighted by molar-refractivity contribution is 5.76. The minimum absolute atomic E-state index is 0.0479. The van der Waals surface area contributed by atoms with Crippen LogP contribution in [0.5, 0.6) is 5.75 Å². The van der Waals surface area contributed by atoms with E-state index in [1.54, 1.807) is 0 Å². The molecule has 2 aromatic carbocycles. The second-order valence-electron chi connectivity index (χ2n) is 5.34. The third kappa shape index (κ3) is 5.66. The van der Waals surface area contributed by atoms with E-state index in [4.69, 9.17) is 4.74 Å². The van der Waals surface area contributed by atoms with Gasteiger partial charge in [0.25, 0.3) is 0 Å². The van der Waals surface area contributed by atoms with Crippen LogP contribution in [-0.2, 0) is 11.3 Å². The molecule has 0 aliphatic rings. The van der Waals surface area contributed by atoms with Crippen molar-refractivity contribution in [1.82, 2.24) is 5.32 Å². The molecule has 2 N–H and O–H groups in total. The first-order chi connectivity index (χ1) is 11.2. The van der Waals surface area contributed by atoms with Crippen LogP contribution < -0.4 is 15.4 Å². The summed E-state index contributed by atoms with van der Waals surface area (Å²) in [6.07, 6.45) is 0.444. The molecule has 0 saturated carbocycles. The van der Waals surface area contributed by atoms with E-state index in [-0.39, 0.29) is 5.91 Å². The second kappa shape index (κ2) is 8.83. The van der Waals surface area contributed by atoms with Gasteiger partial charge in [0, 0.05) is 25.2 Å². The summed E-state index contributed by atoms with van der Waals surface area (Å²) in [6, 6.07) is 15.8. The number of ether oxygens (including phenoxy) is 1. The summed E-state index contributed by atoms with van der Waals surface area (Å²) in [5, 5.41) is 6.19. The van der Waals surface area contributed by atoms with Crippen molar-refractivity contribution in [3.63, 3.8) is 0 Å². The number of anilines is 1. The molecule has 0 fully saturated rings. The SMILES string of the molecule is CCOc1ccc(NCCC(=O)NCc2ccccc2C)cc1. The number of nitrogens with one attached hydrogen (secondary N) is 2. The maximum Gasteiger partial charge on any atom is 0.222 e. The average molecular weight is 312 g/mol. The Kier molecular flexibility index (Phi) is 6.48. The quantitative estimate of drug-likeness (QED) is 0.784. The third-order valence-electron chi connectivity index (χ3n) is 3.58. The molecule has 1 amide bonds. The van der Waals surface area contributed by atoms with Gasteiger partial charge >= 0.3 is 0 Å². The largest absolute Gasteiger partial charge is 0.494 e. The van der Waals surface area contributed by atoms with E-state index in [9.17, 15) is 4.79 Å². The Bertz CT molecular complexity index is 624. The van der Waals surface area contributed by atoms with Crippen LogP contribution in [0.1, 0.15) is 24.5 Å². The van der Waals surface area contributed by atoms with Crippen LogP contribution in [0.15, 0.2) is 48.5 Å². The fourth-order valence-electron chi connectivity index (χ4n) is 2.25. The molecule has 2 aromatic rings. The van der Waals surface area contributed by atoms with E-state index in [1.807, 2.05) is 49.4 Å². The molecule has 122 valence electrons. The molecular weight excluding hydrogens is 288 g/mol. The zero-order valence-corrected chi connectivity index (χ0v) is 13.8. The van der Waals surface area contributed by atoms with Crippen molar-refractivity contribution in [2.75, 3.05) is 18.5 Å². The van der Waals surface area contributed by atoms with Crippen LogP contribution in [0.3, 0.4) is 0 Å². The third-order valence-corrected chi connectivity index (χ3v) is 3.58. The molecule has 0 spiro atoms. The summed E-state index contributed by atoms with van der Waals surface area (Å²) in [7, 11) is 0. The number of carbonyl (C=O) groups excluding carboxylic acids is 1. The number of hydrogen-bond donors (Lipinski definition) is 2. The molecule has 4 nitrogen and oxygen atoms in total. The summed E-state index contributed by atoms with van der Waals surface area (Å²) in [4.78, 5) is 11.9. The van der Waals surface area contributed by atoms with E-state index >= 15 is 0 Å². The Balaban J connectivity index is 1.69. The van der Waals surface area contributed by atoms with Crippen molar-refractivity contribution >= 4 is 11.6 Å². The minimum Gasteiger partial charge on any atom is -0.494 e. The molecule has 4 heteroatoms. The van der Waals surface area contributed by atoms with Crippen LogP contribution in [-0.4, -0.2) is 19.1 Å². The summed E-state index contributed by atoms with van der Waals surface area (Å²) in [5.41, 5.74) is 3.33. The fraction of sp³-hybridized carbons (Fsp3) is 0.316. The predicted octanol–water partition coefficient (Wildman–Crippen LogP) is 3.51. The summed E-state index contributed by atoms with van der Waals surface area (Å²) in [5.74, 6) is 0.903. The second-order valence-corrected chi connectivity index (χ2v) is 5.34. The van der Waals surface area contributed by atoms with Gasteiger partial charge in [-0.3, -0.25) is 4.79 Å². The van der Waals surface area contributed by atoms with Crippen LogP contribution in [0.25, 0.3) is 0 Å². The van der Waals surface area contributed by atoms with Crippen LogP contribution in [0.4, 0.5) is 5.69 Å². The van der Waals surface area contributed by atoms with E-state index in [1.165, 1.54) is 5.56 Å². The van der Waals surface area contributed by atoms with Gasteiger partial charge in [-0.2, -0.15) is 0 Å². The maximum absolute atomic E-state index is 11.9. The Morgan fingerprint density at radius 3 is 2.52 bits per heavy atom. The summed E-state index contributed by atoms with van der Waals surface area (Å²) >= 11 is 0. The van der Waals surface area contributed by atoms with Gasteiger partial charge in [0.15, 0.2) is 0 Å². The Hall–Kier alpha value is -2.49. The smallest absolute Gasteiger partial charge is 0.222 e. The average Bonchev–Trinajstić information content (AvgIpc) is 2.56. The zero-order chi connectivity index (χ0) is 16.5.